The first kappa shape index (κ1) is 22.5. The van der Waals surface area contributed by atoms with Crippen LogP contribution in [0.2, 0.25) is 0 Å². The normalized spacial score (nSPS) is 16.5. The molecule has 5 rings (SSSR count). The van der Waals surface area contributed by atoms with Gasteiger partial charge in [-0.3, -0.25) is 19.3 Å². The molecule has 3 aromatic carbocycles. The van der Waals surface area contributed by atoms with Gasteiger partial charge >= 0.3 is 5.97 Å². The molecule has 176 valence electrons. The van der Waals surface area contributed by atoms with Crippen LogP contribution >= 0.6 is 0 Å². The van der Waals surface area contributed by atoms with E-state index in [0.717, 1.165) is 29.7 Å². The molecule has 1 heterocycles. The Morgan fingerprint density at radius 1 is 0.914 bits per heavy atom. The molecule has 7 nitrogen and oxygen atoms in total. The first-order valence-electron chi connectivity index (χ1n) is 11.6. The predicted molar refractivity (Wildman–Crippen MR) is 128 cm³/mol. The van der Waals surface area contributed by atoms with Crippen molar-refractivity contribution in [3.8, 4) is 0 Å². The minimum absolute atomic E-state index is 0.0367. The molecule has 1 atom stereocenters. The van der Waals surface area contributed by atoms with Crippen LogP contribution in [0.5, 0.6) is 0 Å². The maximum absolute atomic E-state index is 12.6. The number of carbonyl (C=O) groups excluding carboxylic acids is 4. The first-order chi connectivity index (χ1) is 17.0. The van der Waals surface area contributed by atoms with E-state index in [1.165, 1.54) is 5.56 Å². The van der Waals surface area contributed by atoms with Crippen LogP contribution in [0.25, 0.3) is 0 Å². The Labute approximate surface area is 202 Å². The van der Waals surface area contributed by atoms with E-state index < -0.39 is 5.97 Å². The van der Waals surface area contributed by atoms with E-state index in [1.807, 2.05) is 18.2 Å². The highest BCUT2D eigenvalue weighted by atomic mass is 16.5. The van der Waals surface area contributed by atoms with E-state index in [9.17, 15) is 19.2 Å². The Hall–Kier alpha value is -4.26. The second-order valence-electron chi connectivity index (χ2n) is 8.73. The van der Waals surface area contributed by atoms with Gasteiger partial charge in [-0.1, -0.05) is 48.5 Å². The van der Waals surface area contributed by atoms with Gasteiger partial charge in [-0.15, -0.1) is 0 Å². The number of nitrogens with one attached hydrogen (secondary N) is 1. The van der Waals surface area contributed by atoms with E-state index in [0.29, 0.717) is 16.7 Å². The smallest absolute Gasteiger partial charge is 0.338 e. The monoisotopic (exact) mass is 468 g/mol. The fraction of sp³-hybridized carbons (Fsp3) is 0.214. The molecule has 3 aromatic rings. The third kappa shape index (κ3) is 4.57. The van der Waals surface area contributed by atoms with Gasteiger partial charge in [0.1, 0.15) is 0 Å². The molecule has 0 radical (unpaired) electrons. The maximum atomic E-state index is 12.6. The number of aryl methyl sites for hydroxylation is 1. The highest BCUT2D eigenvalue weighted by molar-refractivity contribution is 6.21. The van der Waals surface area contributed by atoms with Crippen LogP contribution in [0.15, 0.2) is 72.8 Å². The SMILES string of the molecule is O=C(COC(=O)c1cccc(CN2C(=O)c3ccccc3C2=O)c1)NC1CCCc2ccccc21. The highest BCUT2D eigenvalue weighted by Gasteiger charge is 2.35. The second kappa shape index (κ2) is 9.54. The van der Waals surface area contributed by atoms with Crippen molar-refractivity contribution < 1.29 is 23.9 Å². The zero-order valence-electron chi connectivity index (χ0n) is 19.0. The van der Waals surface area contributed by atoms with Crippen LogP contribution in [0.4, 0.5) is 0 Å². The summed E-state index contributed by atoms with van der Waals surface area (Å²) in [7, 11) is 0. The van der Waals surface area contributed by atoms with E-state index >= 15 is 0 Å². The highest BCUT2D eigenvalue weighted by Crippen LogP contribution is 2.29. The molecule has 1 aliphatic heterocycles. The largest absolute Gasteiger partial charge is 0.452 e. The molecule has 1 unspecified atom stereocenters. The van der Waals surface area contributed by atoms with Gasteiger partial charge in [-0.05, 0) is 60.2 Å². The molecule has 0 aromatic heterocycles. The van der Waals surface area contributed by atoms with Crippen molar-refractivity contribution in [3.63, 3.8) is 0 Å². The zero-order valence-corrected chi connectivity index (χ0v) is 19.0. The summed E-state index contributed by atoms with van der Waals surface area (Å²) in [6.45, 7) is -0.352. The third-order valence-electron chi connectivity index (χ3n) is 6.42. The molecule has 1 N–H and O–H groups in total. The molecule has 3 amide bonds. The van der Waals surface area contributed by atoms with Crippen molar-refractivity contribution in [1.29, 1.82) is 0 Å². The van der Waals surface area contributed by atoms with Gasteiger partial charge in [0, 0.05) is 0 Å². The van der Waals surface area contributed by atoms with Crippen LogP contribution in [0, 0.1) is 0 Å². The summed E-state index contributed by atoms with van der Waals surface area (Å²) in [6.07, 6.45) is 2.83. The molecule has 2 aliphatic rings. The number of rotatable bonds is 6. The van der Waals surface area contributed by atoms with Crippen LogP contribution < -0.4 is 5.32 Å². The molecule has 0 spiro atoms. The summed E-state index contributed by atoms with van der Waals surface area (Å²) < 4.78 is 5.24. The molecular formula is C28H24N2O5. The van der Waals surface area contributed by atoms with Gasteiger partial charge in [-0.25, -0.2) is 4.79 Å². The van der Waals surface area contributed by atoms with Crippen LogP contribution in [0.1, 0.15) is 66.6 Å². The molecule has 1 aliphatic carbocycles. The number of hydrogen-bond donors (Lipinski definition) is 1. The Balaban J connectivity index is 1.19. The van der Waals surface area contributed by atoms with Crippen molar-refractivity contribution in [2.75, 3.05) is 6.61 Å². The second-order valence-corrected chi connectivity index (χ2v) is 8.73. The summed E-state index contributed by atoms with van der Waals surface area (Å²) in [6, 6.07) is 21.2. The number of carbonyl (C=O) groups is 4. The number of fused-ring (bicyclic) bond motifs is 2. The summed E-state index contributed by atoms with van der Waals surface area (Å²) >= 11 is 0. The molecule has 35 heavy (non-hydrogen) atoms. The lowest BCUT2D eigenvalue weighted by atomic mass is 9.88. The van der Waals surface area contributed by atoms with Crippen molar-refractivity contribution >= 4 is 23.7 Å². The molecule has 0 fully saturated rings. The van der Waals surface area contributed by atoms with Crippen LogP contribution in [-0.2, 0) is 22.5 Å². The predicted octanol–water partition coefficient (Wildman–Crippen LogP) is 3.83. The van der Waals surface area contributed by atoms with Crippen molar-refractivity contribution in [2.45, 2.75) is 31.8 Å². The number of amides is 3. The third-order valence-corrected chi connectivity index (χ3v) is 6.42. The quantitative estimate of drug-likeness (QED) is 0.438. The molecule has 0 saturated carbocycles. The fourth-order valence-electron chi connectivity index (χ4n) is 4.72. The number of benzene rings is 3. The maximum Gasteiger partial charge on any atom is 0.338 e. The van der Waals surface area contributed by atoms with Crippen molar-refractivity contribution in [1.82, 2.24) is 10.2 Å². The number of imide groups is 1. The minimum Gasteiger partial charge on any atom is -0.452 e. The summed E-state index contributed by atoms with van der Waals surface area (Å²) in [5.41, 5.74) is 3.95. The molecule has 7 heteroatoms. The lowest BCUT2D eigenvalue weighted by Gasteiger charge is -2.26. The molecule has 0 saturated heterocycles. The summed E-state index contributed by atoms with van der Waals surface area (Å²) in [5.74, 6) is -1.73. The topological polar surface area (TPSA) is 92.8 Å². The average molecular weight is 469 g/mol. The summed E-state index contributed by atoms with van der Waals surface area (Å²) in [5, 5.41) is 2.96. The van der Waals surface area contributed by atoms with Crippen LogP contribution in [0.3, 0.4) is 0 Å². The Morgan fingerprint density at radius 2 is 1.63 bits per heavy atom. The van der Waals surface area contributed by atoms with Gasteiger partial charge in [-0.2, -0.15) is 0 Å². The number of hydrogen-bond acceptors (Lipinski definition) is 5. The van der Waals surface area contributed by atoms with Gasteiger partial charge in [0.2, 0.25) is 0 Å². The lowest BCUT2D eigenvalue weighted by Crippen LogP contribution is -2.34. The molecular weight excluding hydrogens is 444 g/mol. The number of esters is 1. The number of nitrogens with zero attached hydrogens (tertiary/aromatic N) is 1. The van der Waals surface area contributed by atoms with Crippen molar-refractivity contribution in [2.24, 2.45) is 0 Å². The molecule has 0 bridgehead atoms. The van der Waals surface area contributed by atoms with Gasteiger partial charge in [0.15, 0.2) is 6.61 Å². The fourth-order valence-corrected chi connectivity index (χ4v) is 4.72. The number of ether oxygens (including phenoxy) is 1. The minimum atomic E-state index is -0.645. The first-order valence-corrected chi connectivity index (χ1v) is 11.6. The average Bonchev–Trinajstić information content (AvgIpc) is 3.12. The Kier molecular flexibility index (Phi) is 6.14. The van der Waals surface area contributed by atoms with E-state index in [4.69, 9.17) is 4.74 Å². The van der Waals surface area contributed by atoms with Crippen molar-refractivity contribution in [3.05, 3.63) is 106 Å². The lowest BCUT2D eigenvalue weighted by molar-refractivity contribution is -0.125. The van der Waals surface area contributed by atoms with E-state index in [-0.39, 0.29) is 42.5 Å². The Morgan fingerprint density at radius 3 is 2.40 bits per heavy atom. The Bertz CT molecular complexity index is 1300. The van der Waals surface area contributed by atoms with Gasteiger partial charge in [0.05, 0.1) is 29.3 Å². The van der Waals surface area contributed by atoms with Gasteiger partial charge < -0.3 is 10.1 Å². The van der Waals surface area contributed by atoms with Gasteiger partial charge in [0.25, 0.3) is 17.7 Å². The van der Waals surface area contributed by atoms with Crippen LogP contribution in [-0.4, -0.2) is 35.2 Å². The summed E-state index contributed by atoms with van der Waals surface area (Å²) in [4.78, 5) is 51.4. The van der Waals surface area contributed by atoms with E-state index in [2.05, 4.69) is 11.4 Å². The standard InChI is InChI=1S/C28H24N2O5/c31-25(29-24-14-6-9-19-8-1-2-11-21(19)24)17-35-28(34)20-10-5-7-18(15-20)16-30-26(32)22-12-3-4-13-23(22)27(30)33/h1-5,7-8,10-13,15,24H,6,9,14,16-17H2,(H,29,31). The van der Waals surface area contributed by atoms with E-state index in [1.54, 1.807) is 48.5 Å². The zero-order chi connectivity index (χ0) is 24.4.